The van der Waals surface area contributed by atoms with Gasteiger partial charge < -0.3 is 16.3 Å². The Hall–Kier alpha value is -0.420. The molecule has 0 aromatic carbocycles. The molecule has 0 radical (unpaired) electrons. The Morgan fingerprint density at radius 1 is 1.85 bits per heavy atom. The zero-order chi connectivity index (χ0) is 9.68. The molecule has 0 saturated carbocycles. The number of nitrogens with one attached hydrogen (secondary N) is 1. The molecule has 4 nitrogen and oxygen atoms in total. The minimum Gasteiger partial charge on any atom is -0.409 e. The van der Waals surface area contributed by atoms with Gasteiger partial charge in [0.25, 0.3) is 0 Å². The van der Waals surface area contributed by atoms with E-state index in [1.165, 1.54) is 17.9 Å². The van der Waals surface area contributed by atoms with Gasteiger partial charge in [-0.15, -0.1) is 0 Å². The highest BCUT2D eigenvalue weighted by Gasteiger charge is 2.17. The smallest absolute Gasteiger partial charge is 0.140 e. The average Bonchev–Trinajstić information content (AvgIpc) is 2.56. The lowest BCUT2D eigenvalue weighted by Crippen LogP contribution is -2.38. The quantitative estimate of drug-likeness (QED) is 0.271. The summed E-state index contributed by atoms with van der Waals surface area (Å²) in [7, 11) is 0. The first-order valence-corrected chi connectivity index (χ1v) is 5.68. The fraction of sp³-hybridized carbons (Fsp3) is 0.875. The standard InChI is InChI=1S/C8H17N3OS/c1-6(4-8(9)11-12)10-7-2-3-13-5-7/h6-7,10,12H,2-5H2,1H3,(H2,9,11). The van der Waals surface area contributed by atoms with Crippen molar-refractivity contribution in [1.82, 2.24) is 5.32 Å². The zero-order valence-electron chi connectivity index (χ0n) is 7.86. The first kappa shape index (κ1) is 10.7. The van der Waals surface area contributed by atoms with Crippen molar-refractivity contribution in [2.75, 3.05) is 11.5 Å². The van der Waals surface area contributed by atoms with Gasteiger partial charge in [-0.2, -0.15) is 11.8 Å². The summed E-state index contributed by atoms with van der Waals surface area (Å²) < 4.78 is 0. The van der Waals surface area contributed by atoms with Gasteiger partial charge in [-0.3, -0.25) is 0 Å². The van der Waals surface area contributed by atoms with Crippen molar-refractivity contribution in [3.63, 3.8) is 0 Å². The molecule has 1 aliphatic rings. The van der Waals surface area contributed by atoms with E-state index in [9.17, 15) is 0 Å². The summed E-state index contributed by atoms with van der Waals surface area (Å²) in [5.41, 5.74) is 5.40. The average molecular weight is 203 g/mol. The minimum absolute atomic E-state index is 0.291. The molecular formula is C8H17N3OS. The number of thioether (sulfide) groups is 1. The first-order valence-electron chi connectivity index (χ1n) is 4.52. The van der Waals surface area contributed by atoms with Gasteiger partial charge in [-0.05, 0) is 19.1 Å². The summed E-state index contributed by atoms with van der Waals surface area (Å²) >= 11 is 1.98. The summed E-state index contributed by atoms with van der Waals surface area (Å²) in [5, 5.41) is 14.8. The molecular weight excluding hydrogens is 186 g/mol. The van der Waals surface area contributed by atoms with Crippen LogP contribution in [0.4, 0.5) is 0 Å². The van der Waals surface area contributed by atoms with E-state index in [2.05, 4.69) is 17.4 Å². The van der Waals surface area contributed by atoms with E-state index in [0.29, 0.717) is 24.3 Å². The normalized spacial score (nSPS) is 26.2. The lowest BCUT2D eigenvalue weighted by Gasteiger charge is -2.17. The third-order valence-corrected chi connectivity index (χ3v) is 3.26. The third kappa shape index (κ3) is 3.87. The molecule has 0 bridgehead atoms. The van der Waals surface area contributed by atoms with Crippen LogP contribution in [0, 0.1) is 0 Å². The van der Waals surface area contributed by atoms with Crippen molar-refractivity contribution in [2.45, 2.75) is 31.8 Å². The number of hydrogen-bond donors (Lipinski definition) is 3. The SMILES string of the molecule is CC(CC(N)=NO)NC1CCSC1. The Morgan fingerprint density at radius 2 is 2.62 bits per heavy atom. The number of oxime groups is 1. The minimum atomic E-state index is 0.291. The molecule has 13 heavy (non-hydrogen) atoms. The van der Waals surface area contributed by atoms with Crippen LogP contribution in [-0.2, 0) is 0 Å². The number of nitrogens with two attached hydrogens (primary N) is 1. The molecule has 0 aromatic rings. The second-order valence-electron chi connectivity index (χ2n) is 3.42. The van der Waals surface area contributed by atoms with Crippen LogP contribution in [0.3, 0.4) is 0 Å². The van der Waals surface area contributed by atoms with Crippen LogP contribution in [0.25, 0.3) is 0 Å². The van der Waals surface area contributed by atoms with Crippen LogP contribution in [0.2, 0.25) is 0 Å². The third-order valence-electron chi connectivity index (χ3n) is 2.09. The van der Waals surface area contributed by atoms with Crippen LogP contribution in [0.15, 0.2) is 5.16 Å². The van der Waals surface area contributed by atoms with Gasteiger partial charge in [0.1, 0.15) is 5.84 Å². The van der Waals surface area contributed by atoms with Gasteiger partial charge in [0.2, 0.25) is 0 Å². The van der Waals surface area contributed by atoms with E-state index in [1.807, 2.05) is 11.8 Å². The highest BCUT2D eigenvalue weighted by Crippen LogP contribution is 2.17. The van der Waals surface area contributed by atoms with Gasteiger partial charge in [-0.1, -0.05) is 5.16 Å². The van der Waals surface area contributed by atoms with E-state index in [4.69, 9.17) is 10.9 Å². The van der Waals surface area contributed by atoms with E-state index in [1.54, 1.807) is 0 Å². The van der Waals surface area contributed by atoms with Gasteiger partial charge in [-0.25, -0.2) is 0 Å². The highest BCUT2D eigenvalue weighted by atomic mass is 32.2. The number of amidine groups is 1. The predicted octanol–water partition coefficient (Wildman–Crippen LogP) is 0.606. The van der Waals surface area contributed by atoms with Gasteiger partial charge in [0.15, 0.2) is 0 Å². The maximum absolute atomic E-state index is 8.38. The molecule has 1 fully saturated rings. The molecule has 4 N–H and O–H groups in total. The molecule has 0 aromatic heterocycles. The fourth-order valence-corrected chi connectivity index (χ4v) is 2.65. The van der Waals surface area contributed by atoms with Crippen molar-refractivity contribution in [3.8, 4) is 0 Å². The molecule has 2 atom stereocenters. The monoisotopic (exact) mass is 203 g/mol. The molecule has 1 saturated heterocycles. The van der Waals surface area contributed by atoms with Crippen molar-refractivity contribution in [3.05, 3.63) is 0 Å². The number of rotatable bonds is 4. The van der Waals surface area contributed by atoms with Crippen molar-refractivity contribution in [2.24, 2.45) is 10.9 Å². The predicted molar refractivity (Wildman–Crippen MR) is 56.4 cm³/mol. The van der Waals surface area contributed by atoms with E-state index in [0.717, 1.165) is 0 Å². The molecule has 0 aliphatic carbocycles. The van der Waals surface area contributed by atoms with Crippen LogP contribution in [0.1, 0.15) is 19.8 Å². The number of hydrogen-bond acceptors (Lipinski definition) is 4. The Morgan fingerprint density at radius 3 is 3.15 bits per heavy atom. The Labute approximate surface area is 82.9 Å². The topological polar surface area (TPSA) is 70.6 Å². The summed E-state index contributed by atoms with van der Waals surface area (Å²) in [4.78, 5) is 0. The lowest BCUT2D eigenvalue weighted by molar-refractivity contribution is 0.315. The fourth-order valence-electron chi connectivity index (χ4n) is 1.48. The molecule has 76 valence electrons. The Bertz CT molecular complexity index is 180. The summed E-state index contributed by atoms with van der Waals surface area (Å²) in [5.74, 6) is 2.72. The van der Waals surface area contributed by atoms with Crippen LogP contribution < -0.4 is 11.1 Å². The van der Waals surface area contributed by atoms with Gasteiger partial charge in [0, 0.05) is 24.3 Å². The zero-order valence-corrected chi connectivity index (χ0v) is 8.68. The van der Waals surface area contributed by atoms with Gasteiger partial charge >= 0.3 is 0 Å². The molecule has 1 heterocycles. The summed E-state index contributed by atoms with van der Waals surface area (Å²) in [6.07, 6.45) is 1.84. The molecule has 0 amide bonds. The Kier molecular flexibility index (Phi) is 4.38. The largest absolute Gasteiger partial charge is 0.409 e. The van der Waals surface area contributed by atoms with Crippen LogP contribution in [-0.4, -0.2) is 34.6 Å². The molecule has 1 rings (SSSR count). The molecule has 1 aliphatic heterocycles. The second-order valence-corrected chi connectivity index (χ2v) is 4.57. The van der Waals surface area contributed by atoms with Crippen molar-refractivity contribution >= 4 is 17.6 Å². The summed E-state index contributed by atoms with van der Waals surface area (Å²) in [6, 6.07) is 0.895. The van der Waals surface area contributed by atoms with Crippen LogP contribution in [0.5, 0.6) is 0 Å². The van der Waals surface area contributed by atoms with E-state index in [-0.39, 0.29) is 0 Å². The Balaban J connectivity index is 2.20. The lowest BCUT2D eigenvalue weighted by atomic mass is 10.2. The van der Waals surface area contributed by atoms with E-state index >= 15 is 0 Å². The van der Waals surface area contributed by atoms with Crippen molar-refractivity contribution < 1.29 is 5.21 Å². The maximum Gasteiger partial charge on any atom is 0.140 e. The first-order chi connectivity index (χ1) is 6.22. The van der Waals surface area contributed by atoms with Crippen molar-refractivity contribution in [1.29, 1.82) is 0 Å². The summed E-state index contributed by atoms with van der Waals surface area (Å²) in [6.45, 7) is 2.06. The van der Waals surface area contributed by atoms with Gasteiger partial charge in [0.05, 0.1) is 0 Å². The van der Waals surface area contributed by atoms with Crippen LogP contribution >= 0.6 is 11.8 Å². The molecule has 0 spiro atoms. The van der Waals surface area contributed by atoms with E-state index < -0.39 is 0 Å². The molecule has 2 unspecified atom stereocenters. The maximum atomic E-state index is 8.38. The molecule has 5 heteroatoms. The number of nitrogens with zero attached hydrogens (tertiary/aromatic N) is 1. The second kappa shape index (κ2) is 5.34. The highest BCUT2D eigenvalue weighted by molar-refractivity contribution is 7.99.